The number of hydrogen-bond donors (Lipinski definition) is 2. The van der Waals surface area contributed by atoms with Crippen molar-refractivity contribution in [2.24, 2.45) is 11.5 Å². The maximum atomic E-state index is 12.4. The van der Waals surface area contributed by atoms with Crippen LogP contribution >= 0.6 is 11.3 Å². The molecule has 4 N–H and O–H groups in total. The molecule has 106 valence electrons. The zero-order valence-electron chi connectivity index (χ0n) is 10.8. The molecule has 0 aromatic carbocycles. The molecule has 1 saturated heterocycles. The molecule has 1 aliphatic rings. The first-order valence-electron chi connectivity index (χ1n) is 6.09. The summed E-state index contributed by atoms with van der Waals surface area (Å²) in [5.41, 5.74) is 11.1. The lowest BCUT2D eigenvalue weighted by Gasteiger charge is -2.33. The summed E-state index contributed by atoms with van der Waals surface area (Å²) in [6.45, 7) is 1.17. The first-order chi connectivity index (χ1) is 9.63. The van der Waals surface area contributed by atoms with E-state index in [4.69, 9.17) is 16.2 Å². The zero-order valence-corrected chi connectivity index (χ0v) is 11.6. The van der Waals surface area contributed by atoms with E-state index in [1.165, 1.54) is 16.2 Å². The number of carbonyl (C=O) groups is 2. The van der Waals surface area contributed by atoms with Crippen LogP contribution in [0.25, 0.3) is 0 Å². The number of morpholine rings is 1. The smallest absolute Gasteiger partial charge is 0.255 e. The average molecular weight is 293 g/mol. The minimum absolute atomic E-state index is 0.144. The fourth-order valence-electron chi connectivity index (χ4n) is 1.90. The van der Waals surface area contributed by atoms with Crippen LogP contribution in [0.2, 0.25) is 0 Å². The highest BCUT2D eigenvalue weighted by molar-refractivity contribution is 7.10. The molecule has 0 radical (unpaired) electrons. The Kier molecular flexibility index (Phi) is 4.74. The van der Waals surface area contributed by atoms with Crippen LogP contribution in [0.15, 0.2) is 11.4 Å². The summed E-state index contributed by atoms with van der Waals surface area (Å²) in [4.78, 5) is 26.0. The minimum atomic E-state index is -0.713. The summed E-state index contributed by atoms with van der Waals surface area (Å²) in [6, 6.07) is 0.984. The number of carbonyl (C=O) groups excluding carboxylic acids is 2. The molecule has 0 spiro atoms. The number of nitrogens with two attached hydrogens (primary N) is 2. The predicted octanol–water partition coefficient (Wildman–Crippen LogP) is -0.615. The van der Waals surface area contributed by atoms with Crippen molar-refractivity contribution in [2.75, 3.05) is 26.3 Å². The Labute approximate surface area is 120 Å². The van der Waals surface area contributed by atoms with Crippen molar-refractivity contribution < 1.29 is 14.3 Å². The summed E-state index contributed by atoms with van der Waals surface area (Å²) in [5.74, 6) is 4.82. The topological polar surface area (TPSA) is 98.7 Å². The minimum Gasteiger partial charge on any atom is -0.377 e. The van der Waals surface area contributed by atoms with E-state index >= 15 is 0 Å². The molecule has 0 aliphatic carbocycles. The van der Waals surface area contributed by atoms with E-state index in [1.54, 1.807) is 11.4 Å². The number of rotatable bonds is 2. The third-order valence-electron chi connectivity index (χ3n) is 2.88. The Hall–Kier alpha value is -1.88. The lowest BCUT2D eigenvalue weighted by atomic mass is 10.1. The highest BCUT2D eigenvalue weighted by Crippen LogP contribution is 2.18. The lowest BCUT2D eigenvalue weighted by molar-refractivity contribution is -0.127. The van der Waals surface area contributed by atoms with Crippen LogP contribution in [-0.2, 0) is 9.53 Å². The van der Waals surface area contributed by atoms with Gasteiger partial charge in [-0.25, -0.2) is 0 Å². The third kappa shape index (κ3) is 3.17. The quantitative estimate of drug-likeness (QED) is 0.710. The van der Waals surface area contributed by atoms with E-state index < -0.39 is 11.9 Å². The molecule has 6 nitrogen and oxygen atoms in total. The summed E-state index contributed by atoms with van der Waals surface area (Å²) in [5, 5.41) is 1.72. The van der Waals surface area contributed by atoms with Gasteiger partial charge in [-0.1, -0.05) is 11.8 Å². The third-order valence-corrected chi connectivity index (χ3v) is 3.72. The molecule has 2 heterocycles. The van der Waals surface area contributed by atoms with Crippen molar-refractivity contribution in [3.05, 3.63) is 21.9 Å². The highest BCUT2D eigenvalue weighted by Gasteiger charge is 2.32. The van der Waals surface area contributed by atoms with Gasteiger partial charge in [-0.05, 0) is 6.07 Å². The van der Waals surface area contributed by atoms with Gasteiger partial charge < -0.3 is 21.1 Å². The van der Waals surface area contributed by atoms with Crippen molar-refractivity contribution in [1.29, 1.82) is 0 Å². The van der Waals surface area contributed by atoms with Gasteiger partial charge in [-0.2, -0.15) is 0 Å². The highest BCUT2D eigenvalue weighted by atomic mass is 32.1. The predicted molar refractivity (Wildman–Crippen MR) is 75.1 cm³/mol. The van der Waals surface area contributed by atoms with Crippen molar-refractivity contribution in [1.82, 2.24) is 4.90 Å². The Morgan fingerprint density at radius 1 is 1.55 bits per heavy atom. The molecule has 1 atom stereocenters. The van der Waals surface area contributed by atoms with Crippen LogP contribution in [0, 0.1) is 11.8 Å². The Balaban J connectivity index is 2.17. The largest absolute Gasteiger partial charge is 0.377 e. The van der Waals surface area contributed by atoms with Crippen molar-refractivity contribution in [3.8, 4) is 11.8 Å². The second kappa shape index (κ2) is 6.52. The lowest BCUT2D eigenvalue weighted by Crippen LogP contribution is -2.54. The monoisotopic (exact) mass is 293 g/mol. The van der Waals surface area contributed by atoms with Crippen LogP contribution < -0.4 is 11.5 Å². The van der Waals surface area contributed by atoms with Gasteiger partial charge in [0.05, 0.1) is 30.2 Å². The molecule has 0 bridgehead atoms. The van der Waals surface area contributed by atoms with Crippen molar-refractivity contribution >= 4 is 23.2 Å². The molecule has 1 unspecified atom stereocenters. The first-order valence-corrected chi connectivity index (χ1v) is 6.97. The Morgan fingerprint density at radius 2 is 2.35 bits per heavy atom. The van der Waals surface area contributed by atoms with Gasteiger partial charge in [-0.15, -0.1) is 11.3 Å². The van der Waals surface area contributed by atoms with Crippen molar-refractivity contribution in [3.63, 3.8) is 0 Å². The Morgan fingerprint density at radius 3 is 3.05 bits per heavy atom. The van der Waals surface area contributed by atoms with Gasteiger partial charge in [0.25, 0.3) is 5.91 Å². The molecule has 1 aliphatic heterocycles. The van der Waals surface area contributed by atoms with Crippen molar-refractivity contribution in [2.45, 2.75) is 6.04 Å². The van der Waals surface area contributed by atoms with E-state index in [0.29, 0.717) is 18.7 Å². The number of thiophene rings is 1. The number of hydrogen-bond acceptors (Lipinski definition) is 5. The number of amides is 2. The summed E-state index contributed by atoms with van der Waals surface area (Å²) in [6.07, 6.45) is 0. The summed E-state index contributed by atoms with van der Waals surface area (Å²) < 4.78 is 5.19. The molecule has 1 aromatic rings. The fraction of sp³-hybridized carbons (Fsp3) is 0.385. The molecule has 2 rings (SSSR count). The van der Waals surface area contributed by atoms with Gasteiger partial charge in [0.2, 0.25) is 5.91 Å². The van der Waals surface area contributed by atoms with Crippen LogP contribution in [0.4, 0.5) is 0 Å². The summed E-state index contributed by atoms with van der Waals surface area (Å²) >= 11 is 1.37. The maximum Gasteiger partial charge on any atom is 0.255 e. The van der Waals surface area contributed by atoms with Gasteiger partial charge in [0.1, 0.15) is 6.04 Å². The molecule has 1 fully saturated rings. The van der Waals surface area contributed by atoms with Gasteiger partial charge >= 0.3 is 0 Å². The molecule has 0 saturated carbocycles. The molecule has 1 aromatic heterocycles. The van der Waals surface area contributed by atoms with E-state index in [0.717, 1.165) is 4.88 Å². The number of primary amides is 1. The molecule has 7 heteroatoms. The van der Waals surface area contributed by atoms with Crippen LogP contribution in [0.1, 0.15) is 15.2 Å². The van der Waals surface area contributed by atoms with Crippen LogP contribution in [0.5, 0.6) is 0 Å². The van der Waals surface area contributed by atoms with Gasteiger partial charge in [0, 0.05) is 11.9 Å². The van der Waals surface area contributed by atoms with Crippen LogP contribution in [-0.4, -0.2) is 49.1 Å². The summed E-state index contributed by atoms with van der Waals surface area (Å²) in [7, 11) is 0. The normalized spacial score (nSPS) is 18.2. The first kappa shape index (κ1) is 14.5. The van der Waals surface area contributed by atoms with Crippen LogP contribution in [0.3, 0.4) is 0 Å². The second-order valence-electron chi connectivity index (χ2n) is 4.20. The van der Waals surface area contributed by atoms with E-state index in [9.17, 15) is 9.59 Å². The van der Waals surface area contributed by atoms with Gasteiger partial charge in [-0.3, -0.25) is 9.59 Å². The fourth-order valence-corrected chi connectivity index (χ4v) is 2.65. The Bertz CT molecular complexity index is 573. The molecular weight excluding hydrogens is 278 g/mol. The van der Waals surface area contributed by atoms with E-state index in [1.807, 2.05) is 0 Å². The maximum absolute atomic E-state index is 12.4. The van der Waals surface area contributed by atoms with E-state index in [-0.39, 0.29) is 19.1 Å². The average Bonchev–Trinajstić information content (AvgIpc) is 2.93. The zero-order chi connectivity index (χ0) is 14.5. The molecule has 2 amide bonds. The standard InChI is InChI=1S/C13H15N3O3S/c14-3-1-2-10-6-9(8-20-10)13(18)16-4-5-19-7-11(16)12(15)17/h6,8,11H,3-5,7,14H2,(H2,15,17). The number of nitrogens with zero attached hydrogens (tertiary/aromatic N) is 1. The van der Waals surface area contributed by atoms with Gasteiger partial charge in [0.15, 0.2) is 0 Å². The molecule has 20 heavy (non-hydrogen) atoms. The van der Waals surface area contributed by atoms with E-state index in [2.05, 4.69) is 11.8 Å². The molecular formula is C13H15N3O3S. The SMILES string of the molecule is NCC#Cc1cc(C(=O)N2CCOCC2C(N)=O)cs1. The number of ether oxygens (including phenoxy) is 1. The second-order valence-corrected chi connectivity index (χ2v) is 5.11.